The van der Waals surface area contributed by atoms with Gasteiger partial charge in [0.15, 0.2) is 5.79 Å². The first-order valence-electron chi connectivity index (χ1n) is 8.37. The molecular formula is C18H32O2. The molecule has 0 bridgehead atoms. The summed E-state index contributed by atoms with van der Waals surface area (Å²) in [5.41, 5.74) is 0. The summed E-state index contributed by atoms with van der Waals surface area (Å²) in [4.78, 5) is 0. The monoisotopic (exact) mass is 280 g/mol. The Labute approximate surface area is 125 Å². The van der Waals surface area contributed by atoms with E-state index in [2.05, 4.69) is 18.8 Å². The van der Waals surface area contributed by atoms with E-state index in [1.165, 1.54) is 32.1 Å². The van der Waals surface area contributed by atoms with Crippen LogP contribution in [0, 0.1) is 17.8 Å². The summed E-state index contributed by atoms with van der Waals surface area (Å²) >= 11 is 0. The summed E-state index contributed by atoms with van der Waals surface area (Å²) in [5.74, 6) is 6.16. The van der Waals surface area contributed by atoms with E-state index in [0.29, 0.717) is 0 Å². The van der Waals surface area contributed by atoms with Crippen molar-refractivity contribution in [2.75, 3.05) is 0 Å². The van der Waals surface area contributed by atoms with Gasteiger partial charge in [0.1, 0.15) is 0 Å². The summed E-state index contributed by atoms with van der Waals surface area (Å²) in [7, 11) is 0. The average molecular weight is 280 g/mol. The molecule has 0 amide bonds. The fourth-order valence-corrected chi connectivity index (χ4v) is 2.96. The smallest absolute Gasteiger partial charge is 0.160 e. The molecule has 0 spiro atoms. The SMILES string of the molecule is CCCC#CCC[C@@H](CC1CCCCC1)OC(C)(C)O. The molecule has 0 radical (unpaired) electrons. The van der Waals surface area contributed by atoms with Crippen LogP contribution in [0.15, 0.2) is 0 Å². The fraction of sp³-hybridized carbons (Fsp3) is 0.889. The molecule has 0 aromatic heterocycles. The van der Waals surface area contributed by atoms with E-state index in [1.807, 2.05) is 0 Å². The van der Waals surface area contributed by atoms with Crippen LogP contribution in [-0.2, 0) is 4.74 Å². The van der Waals surface area contributed by atoms with Gasteiger partial charge in [0, 0.05) is 12.8 Å². The molecule has 1 aliphatic rings. The van der Waals surface area contributed by atoms with Crippen molar-refractivity contribution < 1.29 is 9.84 Å². The topological polar surface area (TPSA) is 29.5 Å². The second kappa shape index (κ2) is 9.42. The van der Waals surface area contributed by atoms with Gasteiger partial charge in [-0.3, -0.25) is 0 Å². The highest BCUT2D eigenvalue weighted by atomic mass is 16.6. The standard InChI is InChI=1S/C18H32O2/c1-4-5-6-7-11-14-17(20-18(2,3)19)15-16-12-9-8-10-13-16/h16-17,19H,4-5,8-15H2,1-3H3/t17-/m0/s1. The Morgan fingerprint density at radius 3 is 2.40 bits per heavy atom. The van der Waals surface area contributed by atoms with Gasteiger partial charge in [0.05, 0.1) is 6.10 Å². The van der Waals surface area contributed by atoms with Gasteiger partial charge < -0.3 is 9.84 Å². The predicted molar refractivity (Wildman–Crippen MR) is 84.3 cm³/mol. The van der Waals surface area contributed by atoms with E-state index in [9.17, 15) is 5.11 Å². The Hall–Kier alpha value is -0.520. The van der Waals surface area contributed by atoms with Crippen molar-refractivity contribution in [2.45, 2.75) is 96.9 Å². The Bertz CT molecular complexity index is 300. The summed E-state index contributed by atoms with van der Waals surface area (Å²) in [6.07, 6.45) is 11.9. The molecule has 1 rings (SSSR count). The van der Waals surface area contributed by atoms with Crippen LogP contribution in [0.5, 0.6) is 0 Å². The molecule has 0 unspecified atom stereocenters. The first-order chi connectivity index (χ1) is 9.51. The molecule has 1 aliphatic carbocycles. The van der Waals surface area contributed by atoms with Crippen molar-refractivity contribution in [1.82, 2.24) is 0 Å². The molecule has 116 valence electrons. The van der Waals surface area contributed by atoms with Gasteiger partial charge in [-0.1, -0.05) is 39.0 Å². The number of ether oxygens (including phenoxy) is 1. The minimum atomic E-state index is -1.03. The molecule has 0 heterocycles. The van der Waals surface area contributed by atoms with Gasteiger partial charge in [0.25, 0.3) is 0 Å². The maximum Gasteiger partial charge on any atom is 0.160 e. The third-order valence-corrected chi connectivity index (χ3v) is 3.87. The summed E-state index contributed by atoms with van der Waals surface area (Å²) < 4.78 is 5.83. The van der Waals surface area contributed by atoms with E-state index in [1.54, 1.807) is 13.8 Å². The minimum absolute atomic E-state index is 0.147. The Morgan fingerprint density at radius 2 is 1.80 bits per heavy atom. The van der Waals surface area contributed by atoms with E-state index < -0.39 is 5.79 Å². The zero-order valence-electron chi connectivity index (χ0n) is 13.6. The predicted octanol–water partition coefficient (Wildman–Crippen LogP) is 4.65. The number of aliphatic hydroxyl groups is 1. The van der Waals surface area contributed by atoms with Crippen LogP contribution >= 0.6 is 0 Å². The molecule has 1 saturated carbocycles. The normalized spacial score (nSPS) is 18.4. The van der Waals surface area contributed by atoms with Crippen molar-refractivity contribution in [2.24, 2.45) is 5.92 Å². The summed E-state index contributed by atoms with van der Waals surface area (Å²) in [5, 5.41) is 9.90. The van der Waals surface area contributed by atoms with Crippen molar-refractivity contribution in [3.05, 3.63) is 0 Å². The summed E-state index contributed by atoms with van der Waals surface area (Å²) in [6.45, 7) is 5.60. The molecule has 0 aromatic rings. The third-order valence-electron chi connectivity index (χ3n) is 3.87. The zero-order valence-corrected chi connectivity index (χ0v) is 13.6. The summed E-state index contributed by atoms with van der Waals surface area (Å²) in [6, 6.07) is 0. The molecule has 2 heteroatoms. The van der Waals surface area contributed by atoms with Crippen LogP contribution in [-0.4, -0.2) is 17.0 Å². The van der Waals surface area contributed by atoms with Crippen LogP contribution in [0.3, 0.4) is 0 Å². The maximum atomic E-state index is 9.90. The molecule has 1 atom stereocenters. The quantitative estimate of drug-likeness (QED) is 0.543. The van der Waals surface area contributed by atoms with Crippen LogP contribution in [0.2, 0.25) is 0 Å². The number of rotatable bonds is 7. The van der Waals surface area contributed by atoms with Crippen molar-refractivity contribution in [3.8, 4) is 11.8 Å². The lowest BCUT2D eigenvalue weighted by atomic mass is 9.84. The Balaban J connectivity index is 2.40. The fourth-order valence-electron chi connectivity index (χ4n) is 2.96. The van der Waals surface area contributed by atoms with Crippen molar-refractivity contribution >= 4 is 0 Å². The number of hydrogen-bond donors (Lipinski definition) is 1. The molecule has 1 fully saturated rings. The van der Waals surface area contributed by atoms with Crippen LogP contribution in [0.4, 0.5) is 0 Å². The lowest BCUT2D eigenvalue weighted by Gasteiger charge is -2.30. The van der Waals surface area contributed by atoms with Gasteiger partial charge in [-0.2, -0.15) is 0 Å². The van der Waals surface area contributed by atoms with Gasteiger partial charge in [-0.15, -0.1) is 11.8 Å². The van der Waals surface area contributed by atoms with Crippen LogP contribution in [0.1, 0.15) is 85.0 Å². The largest absolute Gasteiger partial charge is 0.366 e. The lowest BCUT2D eigenvalue weighted by Crippen LogP contribution is -2.31. The highest BCUT2D eigenvalue weighted by Gasteiger charge is 2.24. The molecule has 0 aliphatic heterocycles. The van der Waals surface area contributed by atoms with Gasteiger partial charge in [-0.25, -0.2) is 0 Å². The zero-order chi connectivity index (χ0) is 14.8. The number of unbranched alkanes of at least 4 members (excludes halogenated alkanes) is 1. The van der Waals surface area contributed by atoms with E-state index >= 15 is 0 Å². The first kappa shape index (κ1) is 17.5. The molecule has 1 N–H and O–H groups in total. The maximum absolute atomic E-state index is 9.90. The second-order valence-corrected chi connectivity index (χ2v) is 6.57. The molecule has 0 saturated heterocycles. The van der Waals surface area contributed by atoms with Gasteiger partial charge in [-0.05, 0) is 39.0 Å². The van der Waals surface area contributed by atoms with E-state index in [0.717, 1.165) is 38.0 Å². The van der Waals surface area contributed by atoms with E-state index in [-0.39, 0.29) is 6.10 Å². The van der Waals surface area contributed by atoms with Crippen LogP contribution < -0.4 is 0 Å². The molecular weight excluding hydrogens is 248 g/mol. The average Bonchev–Trinajstić information content (AvgIpc) is 2.37. The molecule has 20 heavy (non-hydrogen) atoms. The van der Waals surface area contributed by atoms with E-state index in [4.69, 9.17) is 4.74 Å². The Kier molecular flexibility index (Phi) is 8.26. The second-order valence-electron chi connectivity index (χ2n) is 6.57. The third kappa shape index (κ3) is 8.61. The molecule has 0 aromatic carbocycles. The molecule has 2 nitrogen and oxygen atoms in total. The van der Waals surface area contributed by atoms with Crippen molar-refractivity contribution in [3.63, 3.8) is 0 Å². The first-order valence-corrected chi connectivity index (χ1v) is 8.37. The highest BCUT2D eigenvalue weighted by Crippen LogP contribution is 2.30. The highest BCUT2D eigenvalue weighted by molar-refractivity contribution is 4.98. The minimum Gasteiger partial charge on any atom is -0.366 e. The Morgan fingerprint density at radius 1 is 1.15 bits per heavy atom. The van der Waals surface area contributed by atoms with Gasteiger partial charge >= 0.3 is 0 Å². The number of hydrogen-bond acceptors (Lipinski definition) is 2. The van der Waals surface area contributed by atoms with Crippen LogP contribution in [0.25, 0.3) is 0 Å². The van der Waals surface area contributed by atoms with Crippen molar-refractivity contribution in [1.29, 1.82) is 0 Å². The van der Waals surface area contributed by atoms with Gasteiger partial charge in [0.2, 0.25) is 0 Å². The lowest BCUT2D eigenvalue weighted by molar-refractivity contribution is -0.210.